The molecule has 2 aromatic carbocycles. The Kier molecular flexibility index (Phi) is 8.02. The van der Waals surface area contributed by atoms with Crippen LogP contribution < -0.4 is 15.0 Å². The molecule has 1 N–H and O–H groups in total. The third kappa shape index (κ3) is 6.73. The quantitative estimate of drug-likeness (QED) is 0.367. The van der Waals surface area contributed by atoms with Gasteiger partial charge in [-0.2, -0.15) is 0 Å². The largest absolute Gasteiger partial charge is 0.484 e. The van der Waals surface area contributed by atoms with Gasteiger partial charge in [-0.15, -0.1) is 0 Å². The molecule has 30 heavy (non-hydrogen) atoms. The molecular weight excluding hydrogens is 384 g/mol. The highest BCUT2D eigenvalue weighted by atomic mass is 16.6. The number of amides is 1. The van der Waals surface area contributed by atoms with Gasteiger partial charge in [0.05, 0.1) is 11.0 Å². The van der Waals surface area contributed by atoms with Crippen molar-refractivity contribution in [2.75, 3.05) is 50.8 Å². The van der Waals surface area contributed by atoms with Crippen LogP contribution >= 0.6 is 0 Å². The van der Waals surface area contributed by atoms with Crippen molar-refractivity contribution in [1.82, 2.24) is 10.2 Å². The van der Waals surface area contributed by atoms with E-state index in [0.29, 0.717) is 12.3 Å². The summed E-state index contributed by atoms with van der Waals surface area (Å²) in [6.45, 7) is 5.66. The van der Waals surface area contributed by atoms with Crippen molar-refractivity contribution in [3.05, 3.63) is 64.7 Å². The number of benzene rings is 2. The van der Waals surface area contributed by atoms with Crippen LogP contribution in [0.4, 0.5) is 11.4 Å². The average Bonchev–Trinajstić information content (AvgIpc) is 2.78. The molecule has 3 rings (SSSR count). The number of carbonyl (C=O) groups excluding carboxylic acids is 1. The molecule has 1 fully saturated rings. The van der Waals surface area contributed by atoms with Gasteiger partial charge in [-0.05, 0) is 37.6 Å². The summed E-state index contributed by atoms with van der Waals surface area (Å²) in [4.78, 5) is 27.0. The molecule has 1 amide bonds. The van der Waals surface area contributed by atoms with Gasteiger partial charge >= 0.3 is 0 Å². The van der Waals surface area contributed by atoms with Gasteiger partial charge in [0, 0.05) is 44.5 Å². The minimum atomic E-state index is -0.492. The van der Waals surface area contributed by atoms with Crippen molar-refractivity contribution < 1.29 is 14.5 Å². The van der Waals surface area contributed by atoms with Crippen molar-refractivity contribution in [1.29, 1.82) is 0 Å². The Hall–Kier alpha value is -3.13. The van der Waals surface area contributed by atoms with Crippen LogP contribution in [-0.4, -0.2) is 61.6 Å². The van der Waals surface area contributed by atoms with Crippen molar-refractivity contribution in [2.24, 2.45) is 0 Å². The predicted octanol–water partition coefficient (Wildman–Crippen LogP) is 2.69. The Bertz CT molecular complexity index is 823. The third-order valence-corrected chi connectivity index (χ3v) is 5.12. The molecule has 0 unspecified atom stereocenters. The van der Waals surface area contributed by atoms with Gasteiger partial charge in [0.25, 0.3) is 11.6 Å². The minimum absolute atomic E-state index is 0.0579. The first-order chi connectivity index (χ1) is 14.6. The van der Waals surface area contributed by atoms with Crippen LogP contribution in [0.15, 0.2) is 54.6 Å². The maximum absolute atomic E-state index is 11.9. The summed E-state index contributed by atoms with van der Waals surface area (Å²) in [7, 11) is 0. The van der Waals surface area contributed by atoms with E-state index in [0.717, 1.165) is 45.6 Å². The minimum Gasteiger partial charge on any atom is -0.484 e. The molecule has 1 aliphatic rings. The second-order valence-corrected chi connectivity index (χ2v) is 7.26. The number of hydrogen-bond acceptors (Lipinski definition) is 6. The Labute approximate surface area is 176 Å². The molecule has 0 radical (unpaired) electrons. The lowest BCUT2D eigenvalue weighted by Crippen LogP contribution is -2.46. The molecule has 1 aliphatic heterocycles. The molecule has 0 atom stereocenters. The first kappa shape index (κ1) is 21.6. The van der Waals surface area contributed by atoms with Gasteiger partial charge in [-0.25, -0.2) is 0 Å². The highest BCUT2D eigenvalue weighted by Gasteiger charge is 2.16. The van der Waals surface area contributed by atoms with Gasteiger partial charge in [0.15, 0.2) is 6.61 Å². The molecule has 8 nitrogen and oxygen atoms in total. The molecule has 1 saturated heterocycles. The Morgan fingerprint density at radius 1 is 1.03 bits per heavy atom. The Morgan fingerprint density at radius 2 is 1.80 bits per heavy atom. The number of ether oxygens (including phenoxy) is 1. The molecule has 8 heteroatoms. The molecule has 160 valence electrons. The smallest absolute Gasteiger partial charge is 0.273 e. The normalized spacial score (nSPS) is 14.3. The number of unbranched alkanes of at least 4 members (excludes halogenated alkanes) is 1. The van der Waals surface area contributed by atoms with E-state index >= 15 is 0 Å². The molecule has 0 bridgehead atoms. The number of carbonyl (C=O) groups is 1. The number of non-ortho nitro benzene ring substituents is 1. The number of hydrogen-bond donors (Lipinski definition) is 1. The van der Waals surface area contributed by atoms with Gasteiger partial charge in [0.1, 0.15) is 5.75 Å². The number of piperazine rings is 1. The predicted molar refractivity (Wildman–Crippen MR) is 116 cm³/mol. The summed E-state index contributed by atoms with van der Waals surface area (Å²) in [6.07, 6.45) is 1.93. The van der Waals surface area contributed by atoms with Gasteiger partial charge in [0.2, 0.25) is 0 Å². The third-order valence-electron chi connectivity index (χ3n) is 5.12. The topological polar surface area (TPSA) is 87.9 Å². The van der Waals surface area contributed by atoms with Crippen molar-refractivity contribution in [3.8, 4) is 5.75 Å². The summed E-state index contributed by atoms with van der Waals surface area (Å²) >= 11 is 0. The first-order valence-corrected chi connectivity index (χ1v) is 10.3. The van der Waals surface area contributed by atoms with Crippen LogP contribution in [0.25, 0.3) is 0 Å². The molecule has 2 aromatic rings. The number of nitrogens with zero attached hydrogens (tertiary/aromatic N) is 3. The van der Waals surface area contributed by atoms with Crippen molar-refractivity contribution in [2.45, 2.75) is 12.8 Å². The van der Waals surface area contributed by atoms with E-state index in [1.165, 1.54) is 23.9 Å². The number of nitro benzene ring substituents is 1. The van der Waals surface area contributed by atoms with Crippen LogP contribution in [-0.2, 0) is 4.79 Å². The lowest BCUT2D eigenvalue weighted by atomic mass is 10.2. The SMILES string of the molecule is O=C(COc1cccc([N+](=O)[O-])c1)NCCCCN1CCN(c2ccccc2)CC1. The van der Waals surface area contributed by atoms with Crippen LogP contribution in [0.3, 0.4) is 0 Å². The fraction of sp³-hybridized carbons (Fsp3) is 0.409. The van der Waals surface area contributed by atoms with Crippen molar-refractivity contribution >= 4 is 17.3 Å². The molecule has 0 aromatic heterocycles. The summed E-state index contributed by atoms with van der Waals surface area (Å²) in [5, 5.41) is 13.6. The zero-order valence-electron chi connectivity index (χ0n) is 17.0. The second-order valence-electron chi connectivity index (χ2n) is 7.26. The number of nitro groups is 1. The zero-order chi connectivity index (χ0) is 21.2. The van der Waals surface area contributed by atoms with Gasteiger partial charge < -0.3 is 15.0 Å². The standard InChI is InChI=1S/C22H28N4O4/c27-22(18-30-21-10-6-9-20(17-21)26(28)29)23-11-4-5-12-24-13-15-25(16-14-24)19-7-2-1-3-8-19/h1-3,6-10,17H,4-5,11-16,18H2,(H,23,27). The zero-order valence-corrected chi connectivity index (χ0v) is 17.0. The fourth-order valence-corrected chi connectivity index (χ4v) is 3.44. The summed E-state index contributed by atoms with van der Waals surface area (Å²) in [6, 6.07) is 16.3. The van der Waals surface area contributed by atoms with Crippen LogP contribution in [0, 0.1) is 10.1 Å². The van der Waals surface area contributed by atoms with Gasteiger partial charge in [-0.3, -0.25) is 19.8 Å². The maximum Gasteiger partial charge on any atom is 0.273 e. The van der Waals surface area contributed by atoms with E-state index in [1.807, 2.05) is 6.07 Å². The van der Waals surface area contributed by atoms with E-state index in [-0.39, 0.29) is 18.2 Å². The van der Waals surface area contributed by atoms with Crippen LogP contribution in [0.1, 0.15) is 12.8 Å². The second kappa shape index (κ2) is 11.2. The van der Waals surface area contributed by atoms with Crippen molar-refractivity contribution in [3.63, 3.8) is 0 Å². The molecular formula is C22H28N4O4. The summed E-state index contributed by atoms with van der Waals surface area (Å²) < 4.78 is 5.33. The van der Waals surface area contributed by atoms with E-state index < -0.39 is 4.92 Å². The van der Waals surface area contributed by atoms with E-state index in [1.54, 1.807) is 6.07 Å². The molecule has 0 spiro atoms. The number of anilines is 1. The Morgan fingerprint density at radius 3 is 2.53 bits per heavy atom. The molecule has 0 aliphatic carbocycles. The highest BCUT2D eigenvalue weighted by Crippen LogP contribution is 2.19. The molecule has 1 heterocycles. The lowest BCUT2D eigenvalue weighted by molar-refractivity contribution is -0.384. The Balaban J connectivity index is 1.25. The maximum atomic E-state index is 11.9. The average molecular weight is 412 g/mol. The van der Waals surface area contributed by atoms with E-state index in [2.05, 4.69) is 39.4 Å². The lowest BCUT2D eigenvalue weighted by Gasteiger charge is -2.36. The highest BCUT2D eigenvalue weighted by molar-refractivity contribution is 5.77. The van der Waals surface area contributed by atoms with E-state index in [4.69, 9.17) is 4.74 Å². The van der Waals surface area contributed by atoms with Crippen LogP contribution in [0.5, 0.6) is 5.75 Å². The number of nitrogens with one attached hydrogen (secondary N) is 1. The fourth-order valence-electron chi connectivity index (χ4n) is 3.44. The summed E-state index contributed by atoms with van der Waals surface area (Å²) in [5.41, 5.74) is 1.23. The van der Waals surface area contributed by atoms with E-state index in [9.17, 15) is 14.9 Å². The monoisotopic (exact) mass is 412 g/mol. The molecule has 0 saturated carbocycles. The first-order valence-electron chi connectivity index (χ1n) is 10.3. The van der Waals surface area contributed by atoms with Gasteiger partial charge in [-0.1, -0.05) is 24.3 Å². The number of para-hydroxylation sites is 1. The van der Waals surface area contributed by atoms with Crippen LogP contribution in [0.2, 0.25) is 0 Å². The number of rotatable bonds is 10. The summed E-state index contributed by atoms with van der Waals surface area (Å²) in [5.74, 6) is 0.0898.